The summed E-state index contributed by atoms with van der Waals surface area (Å²) >= 11 is 8.68. The fourth-order valence-electron chi connectivity index (χ4n) is 1.13. The Bertz CT molecular complexity index is 386. The topological polar surface area (TPSA) is 69.6 Å². The molecule has 1 unspecified atom stereocenters. The Morgan fingerprint density at radius 2 is 2.25 bits per heavy atom. The van der Waals surface area contributed by atoms with Gasteiger partial charge in [0.15, 0.2) is 0 Å². The van der Waals surface area contributed by atoms with E-state index in [0.717, 1.165) is 4.47 Å². The van der Waals surface area contributed by atoms with Crippen LogP contribution in [-0.4, -0.2) is 34.7 Å². The molecule has 0 radical (unpaired) electrons. The highest BCUT2D eigenvalue weighted by atomic mass is 79.9. The fraction of sp³-hybridized carbons (Fsp3) is 0.300. The average Bonchev–Trinajstić information content (AvgIpc) is 2.25. The number of hydrogen-bond donors (Lipinski definition) is 3. The van der Waals surface area contributed by atoms with Gasteiger partial charge in [0, 0.05) is 16.7 Å². The van der Waals surface area contributed by atoms with E-state index >= 15 is 0 Å². The molecule has 0 aliphatic carbocycles. The molecule has 1 aromatic carbocycles. The molecule has 1 rings (SSSR count). The van der Waals surface area contributed by atoms with Crippen molar-refractivity contribution in [2.75, 3.05) is 17.7 Å². The van der Waals surface area contributed by atoms with E-state index in [4.69, 9.17) is 16.7 Å². The summed E-state index contributed by atoms with van der Waals surface area (Å²) in [5.41, 5.74) is 0.607. The predicted octanol–water partition coefficient (Wildman–Crippen LogP) is 2.16. The van der Waals surface area contributed by atoms with Gasteiger partial charge in [0.05, 0.1) is 17.5 Å². The van der Waals surface area contributed by atoms with E-state index < -0.39 is 12.1 Å². The van der Waals surface area contributed by atoms with Crippen LogP contribution in [0.5, 0.6) is 0 Å². The number of halogens is 2. The zero-order valence-corrected chi connectivity index (χ0v) is 10.6. The number of carboxylic acids is 1. The number of nitrogens with one attached hydrogen (secondary N) is 1. The molecule has 1 aromatic rings. The van der Waals surface area contributed by atoms with Crippen molar-refractivity contribution in [3.05, 3.63) is 28.2 Å². The summed E-state index contributed by atoms with van der Waals surface area (Å²) in [4.78, 5) is 10.9. The van der Waals surface area contributed by atoms with E-state index in [1.165, 1.54) is 6.07 Å². The molecule has 3 N–H and O–H groups in total. The third kappa shape index (κ3) is 3.66. The molecular formula is C10H11BrClNO3. The van der Waals surface area contributed by atoms with Crippen molar-refractivity contribution in [3.63, 3.8) is 0 Å². The maximum absolute atomic E-state index is 10.9. The van der Waals surface area contributed by atoms with Crippen LogP contribution in [0, 0.1) is 0 Å². The average molecular weight is 309 g/mol. The zero-order valence-electron chi connectivity index (χ0n) is 8.28. The Balaban J connectivity index is 2.84. The molecule has 0 heterocycles. The lowest BCUT2D eigenvalue weighted by molar-refractivity contribution is 0.0697. The van der Waals surface area contributed by atoms with Crippen molar-refractivity contribution in [2.45, 2.75) is 6.10 Å². The number of aliphatic hydroxyl groups is 1. The quantitative estimate of drug-likeness (QED) is 0.729. The highest BCUT2D eigenvalue weighted by Gasteiger charge is 2.11. The number of aromatic carboxylic acids is 1. The van der Waals surface area contributed by atoms with Crippen LogP contribution < -0.4 is 5.32 Å². The number of anilines is 1. The smallest absolute Gasteiger partial charge is 0.337 e. The number of hydrogen-bond acceptors (Lipinski definition) is 3. The molecule has 0 fully saturated rings. The number of benzene rings is 1. The van der Waals surface area contributed by atoms with Crippen molar-refractivity contribution in [1.82, 2.24) is 0 Å². The van der Waals surface area contributed by atoms with Gasteiger partial charge in [-0.2, -0.15) is 0 Å². The van der Waals surface area contributed by atoms with Gasteiger partial charge in [0.25, 0.3) is 0 Å². The van der Waals surface area contributed by atoms with Crippen LogP contribution in [0.15, 0.2) is 22.7 Å². The minimum atomic E-state index is -1.02. The second kappa shape index (κ2) is 6.08. The summed E-state index contributed by atoms with van der Waals surface area (Å²) in [6, 6.07) is 4.78. The van der Waals surface area contributed by atoms with Crippen LogP contribution in [0.2, 0.25) is 0 Å². The summed E-state index contributed by atoms with van der Waals surface area (Å²) in [6.45, 7) is 0.209. The van der Waals surface area contributed by atoms with Gasteiger partial charge in [-0.25, -0.2) is 4.79 Å². The lowest BCUT2D eigenvalue weighted by Gasteiger charge is -2.12. The summed E-state index contributed by atoms with van der Waals surface area (Å²) in [5, 5.41) is 21.0. The van der Waals surface area contributed by atoms with Crippen molar-refractivity contribution < 1.29 is 15.0 Å². The fourth-order valence-corrected chi connectivity index (χ4v) is 1.60. The minimum absolute atomic E-state index is 0.101. The van der Waals surface area contributed by atoms with Crippen LogP contribution >= 0.6 is 27.5 Å². The molecule has 0 saturated carbocycles. The van der Waals surface area contributed by atoms with E-state index in [0.29, 0.717) is 5.69 Å². The molecule has 16 heavy (non-hydrogen) atoms. The van der Waals surface area contributed by atoms with Gasteiger partial charge in [-0.05, 0) is 18.2 Å². The summed E-state index contributed by atoms with van der Waals surface area (Å²) < 4.78 is 0.764. The minimum Gasteiger partial charge on any atom is -0.478 e. The van der Waals surface area contributed by atoms with Gasteiger partial charge in [-0.15, -0.1) is 11.6 Å². The standard InChI is InChI=1S/C10H11BrClNO3/c11-6-1-2-8(10(15)16)9(3-6)13-5-7(14)4-12/h1-3,7,13-14H,4-5H2,(H,15,16). The Hall–Kier alpha value is -0.780. The van der Waals surface area contributed by atoms with Gasteiger partial charge < -0.3 is 15.5 Å². The van der Waals surface area contributed by atoms with Crippen molar-refractivity contribution in [3.8, 4) is 0 Å². The van der Waals surface area contributed by atoms with Gasteiger partial charge in [-0.3, -0.25) is 0 Å². The first kappa shape index (κ1) is 13.3. The Labute approximate surface area is 106 Å². The van der Waals surface area contributed by atoms with Crippen molar-refractivity contribution in [1.29, 1.82) is 0 Å². The van der Waals surface area contributed by atoms with E-state index in [1.54, 1.807) is 12.1 Å². The number of carbonyl (C=O) groups is 1. The molecule has 6 heteroatoms. The molecule has 0 aliphatic rings. The zero-order chi connectivity index (χ0) is 12.1. The van der Waals surface area contributed by atoms with Gasteiger partial charge in [0.2, 0.25) is 0 Å². The van der Waals surface area contributed by atoms with Crippen LogP contribution in [0.1, 0.15) is 10.4 Å². The number of rotatable bonds is 5. The van der Waals surface area contributed by atoms with Crippen LogP contribution in [-0.2, 0) is 0 Å². The largest absolute Gasteiger partial charge is 0.478 e. The summed E-state index contributed by atoms with van der Waals surface area (Å²) in [6.07, 6.45) is -0.706. The number of alkyl halides is 1. The normalized spacial score (nSPS) is 12.2. The maximum atomic E-state index is 10.9. The van der Waals surface area contributed by atoms with Gasteiger partial charge >= 0.3 is 5.97 Å². The highest BCUT2D eigenvalue weighted by Crippen LogP contribution is 2.21. The van der Waals surface area contributed by atoms with Gasteiger partial charge in [-0.1, -0.05) is 15.9 Å². The summed E-state index contributed by atoms with van der Waals surface area (Å²) in [5.74, 6) is -0.918. The van der Waals surface area contributed by atoms with E-state index in [2.05, 4.69) is 21.2 Å². The lowest BCUT2D eigenvalue weighted by atomic mass is 10.2. The van der Waals surface area contributed by atoms with Crippen molar-refractivity contribution in [2.24, 2.45) is 0 Å². The van der Waals surface area contributed by atoms with Gasteiger partial charge in [0.1, 0.15) is 0 Å². The molecule has 0 saturated heterocycles. The summed E-state index contributed by atoms with van der Waals surface area (Å²) in [7, 11) is 0. The van der Waals surface area contributed by atoms with Crippen LogP contribution in [0.4, 0.5) is 5.69 Å². The van der Waals surface area contributed by atoms with Crippen molar-refractivity contribution >= 4 is 39.2 Å². The Morgan fingerprint density at radius 1 is 1.56 bits per heavy atom. The molecule has 1 atom stereocenters. The predicted molar refractivity (Wildman–Crippen MR) is 66.3 cm³/mol. The SMILES string of the molecule is O=C(O)c1ccc(Br)cc1NCC(O)CCl. The molecule has 0 aromatic heterocycles. The van der Waals surface area contributed by atoms with E-state index in [1.807, 2.05) is 0 Å². The second-order valence-electron chi connectivity index (χ2n) is 3.18. The number of aliphatic hydroxyl groups excluding tert-OH is 1. The molecule has 0 amide bonds. The first-order valence-corrected chi connectivity index (χ1v) is 5.88. The van der Waals surface area contributed by atoms with Crippen LogP contribution in [0.3, 0.4) is 0 Å². The molecule has 4 nitrogen and oxygen atoms in total. The second-order valence-corrected chi connectivity index (χ2v) is 4.41. The first-order valence-electron chi connectivity index (χ1n) is 4.55. The highest BCUT2D eigenvalue weighted by molar-refractivity contribution is 9.10. The molecule has 88 valence electrons. The van der Waals surface area contributed by atoms with E-state index in [9.17, 15) is 9.90 Å². The Morgan fingerprint density at radius 3 is 2.81 bits per heavy atom. The molecule has 0 aliphatic heterocycles. The third-order valence-electron chi connectivity index (χ3n) is 1.92. The maximum Gasteiger partial charge on any atom is 0.337 e. The number of carboxylic acid groups (broad SMARTS) is 1. The molecular weight excluding hydrogens is 297 g/mol. The van der Waals surface area contributed by atoms with Crippen LogP contribution in [0.25, 0.3) is 0 Å². The molecule has 0 spiro atoms. The van der Waals surface area contributed by atoms with E-state index in [-0.39, 0.29) is 18.0 Å². The Kier molecular flexibility index (Phi) is 5.05. The monoisotopic (exact) mass is 307 g/mol. The first-order chi connectivity index (χ1) is 7.54. The third-order valence-corrected chi connectivity index (χ3v) is 2.77. The molecule has 0 bridgehead atoms. The lowest BCUT2D eigenvalue weighted by Crippen LogP contribution is -2.21.